The van der Waals surface area contributed by atoms with Crippen molar-refractivity contribution in [2.24, 2.45) is 11.1 Å². The quantitative estimate of drug-likeness (QED) is 0.589. The lowest BCUT2D eigenvalue weighted by Gasteiger charge is -2.34. The Labute approximate surface area is 130 Å². The van der Waals surface area contributed by atoms with Gasteiger partial charge in [0.05, 0.1) is 21.3 Å². The smallest absolute Gasteiger partial charge is 0.299 e. The molecule has 0 saturated carbocycles. The lowest BCUT2D eigenvalue weighted by Crippen LogP contribution is -2.46. The van der Waals surface area contributed by atoms with Crippen LogP contribution in [-0.4, -0.2) is 35.5 Å². The number of amides is 1. The molecule has 0 atom stereocenters. The van der Waals surface area contributed by atoms with E-state index < -0.39 is 26.9 Å². The summed E-state index contributed by atoms with van der Waals surface area (Å²) in [6, 6.07) is 3.30. The van der Waals surface area contributed by atoms with Gasteiger partial charge in [-0.2, -0.15) is 0 Å². The molecule has 1 saturated heterocycles. The number of hydrogen-bond donors (Lipinski definition) is 2. The van der Waals surface area contributed by atoms with Crippen molar-refractivity contribution in [3.63, 3.8) is 0 Å². The average Bonchev–Trinajstić information content (AvgIpc) is 2.53. The Balaban J connectivity index is 2.23. The Morgan fingerprint density at radius 2 is 1.91 bits per heavy atom. The SMILES string of the molecule is NC(=O)C1(CNc2ccc([N+](=O)[O-])cc2[N+](=O)[O-])CCOCC1. The van der Waals surface area contributed by atoms with Crippen LogP contribution in [0.2, 0.25) is 0 Å². The highest BCUT2D eigenvalue weighted by Gasteiger charge is 2.38. The predicted molar refractivity (Wildman–Crippen MR) is 79.9 cm³/mol. The molecule has 3 N–H and O–H groups in total. The van der Waals surface area contributed by atoms with Gasteiger partial charge in [0.15, 0.2) is 0 Å². The number of nitro groups is 2. The van der Waals surface area contributed by atoms with Crippen LogP contribution in [0.5, 0.6) is 0 Å². The topological polar surface area (TPSA) is 151 Å². The van der Waals surface area contributed by atoms with E-state index in [0.717, 1.165) is 12.1 Å². The average molecular weight is 324 g/mol. The van der Waals surface area contributed by atoms with Crippen molar-refractivity contribution in [3.05, 3.63) is 38.4 Å². The highest BCUT2D eigenvalue weighted by molar-refractivity contribution is 5.82. The molecule has 1 fully saturated rings. The van der Waals surface area contributed by atoms with E-state index in [-0.39, 0.29) is 17.9 Å². The summed E-state index contributed by atoms with van der Waals surface area (Å²) in [5.74, 6) is -0.502. The maximum Gasteiger partial charge on any atom is 0.299 e. The number of anilines is 1. The molecule has 0 spiro atoms. The van der Waals surface area contributed by atoms with Crippen molar-refractivity contribution in [3.8, 4) is 0 Å². The van der Waals surface area contributed by atoms with Gasteiger partial charge in [0.25, 0.3) is 11.4 Å². The van der Waals surface area contributed by atoms with E-state index in [2.05, 4.69) is 5.32 Å². The van der Waals surface area contributed by atoms with E-state index in [0.29, 0.717) is 26.1 Å². The summed E-state index contributed by atoms with van der Waals surface area (Å²) in [5.41, 5.74) is 3.92. The molecule has 0 aliphatic carbocycles. The van der Waals surface area contributed by atoms with Crippen LogP contribution in [0.4, 0.5) is 17.1 Å². The van der Waals surface area contributed by atoms with Gasteiger partial charge in [0.2, 0.25) is 5.91 Å². The molecule has 1 aliphatic rings. The normalized spacial score (nSPS) is 16.5. The van der Waals surface area contributed by atoms with E-state index in [1.165, 1.54) is 6.07 Å². The molecule has 1 heterocycles. The molecular weight excluding hydrogens is 308 g/mol. The summed E-state index contributed by atoms with van der Waals surface area (Å²) >= 11 is 0. The number of nitrogens with zero attached hydrogens (tertiary/aromatic N) is 2. The van der Waals surface area contributed by atoms with E-state index in [1.54, 1.807) is 0 Å². The van der Waals surface area contributed by atoms with Gasteiger partial charge >= 0.3 is 0 Å². The number of carbonyl (C=O) groups excluding carboxylic acids is 1. The van der Waals surface area contributed by atoms with Gasteiger partial charge in [-0.05, 0) is 18.9 Å². The molecule has 1 aliphatic heterocycles. The molecule has 1 aromatic carbocycles. The molecule has 1 amide bonds. The summed E-state index contributed by atoms with van der Waals surface area (Å²) in [4.78, 5) is 32.2. The molecule has 0 bridgehead atoms. The number of hydrogen-bond acceptors (Lipinski definition) is 7. The number of benzene rings is 1. The van der Waals surface area contributed by atoms with Crippen molar-refractivity contribution in [2.75, 3.05) is 25.1 Å². The summed E-state index contributed by atoms with van der Waals surface area (Å²) in [7, 11) is 0. The Kier molecular flexibility index (Phi) is 4.74. The number of rotatable bonds is 6. The number of non-ortho nitro benzene ring substituents is 1. The molecule has 0 radical (unpaired) electrons. The first-order chi connectivity index (χ1) is 10.9. The van der Waals surface area contributed by atoms with Crippen LogP contribution in [-0.2, 0) is 9.53 Å². The summed E-state index contributed by atoms with van der Waals surface area (Å²) in [6.45, 7) is 0.865. The van der Waals surface area contributed by atoms with Crippen molar-refractivity contribution < 1.29 is 19.4 Å². The minimum absolute atomic E-state index is 0.102. The van der Waals surface area contributed by atoms with E-state index >= 15 is 0 Å². The lowest BCUT2D eigenvalue weighted by atomic mass is 9.79. The number of ether oxygens (including phenoxy) is 1. The van der Waals surface area contributed by atoms with E-state index in [1.807, 2.05) is 0 Å². The zero-order chi connectivity index (χ0) is 17.0. The first-order valence-electron chi connectivity index (χ1n) is 6.90. The molecule has 10 nitrogen and oxygen atoms in total. The standard InChI is InChI=1S/C13H16N4O6/c14-12(18)13(3-5-23-6-4-13)8-15-10-2-1-9(16(19)20)7-11(10)17(21)22/h1-2,7,15H,3-6,8H2,(H2,14,18). The maximum absolute atomic E-state index is 11.8. The third-order valence-electron chi connectivity index (χ3n) is 3.98. The van der Waals surface area contributed by atoms with Crippen LogP contribution >= 0.6 is 0 Å². The second-order valence-corrected chi connectivity index (χ2v) is 5.33. The van der Waals surface area contributed by atoms with Gasteiger partial charge in [-0.3, -0.25) is 25.0 Å². The van der Waals surface area contributed by atoms with Crippen LogP contribution in [0, 0.1) is 25.6 Å². The third kappa shape index (κ3) is 3.54. The summed E-state index contributed by atoms with van der Waals surface area (Å²) < 4.78 is 5.21. The molecule has 23 heavy (non-hydrogen) atoms. The highest BCUT2D eigenvalue weighted by atomic mass is 16.6. The largest absolute Gasteiger partial charge is 0.381 e. The molecule has 124 valence electrons. The fourth-order valence-corrected chi connectivity index (χ4v) is 2.47. The number of nitro benzene ring substituents is 2. The second-order valence-electron chi connectivity index (χ2n) is 5.33. The zero-order valence-electron chi connectivity index (χ0n) is 12.2. The predicted octanol–water partition coefficient (Wildman–Crippen LogP) is 1.20. The minimum Gasteiger partial charge on any atom is -0.381 e. The molecule has 10 heteroatoms. The fraction of sp³-hybridized carbons (Fsp3) is 0.462. The van der Waals surface area contributed by atoms with Crippen LogP contribution in [0.25, 0.3) is 0 Å². The summed E-state index contributed by atoms with van der Waals surface area (Å²) in [6.07, 6.45) is 0.826. The summed E-state index contributed by atoms with van der Waals surface area (Å²) in [5, 5.41) is 24.6. The van der Waals surface area contributed by atoms with Crippen molar-refractivity contribution in [1.82, 2.24) is 0 Å². The van der Waals surface area contributed by atoms with Gasteiger partial charge < -0.3 is 15.8 Å². The van der Waals surface area contributed by atoms with Crippen LogP contribution in [0.15, 0.2) is 18.2 Å². The van der Waals surface area contributed by atoms with Gasteiger partial charge in [-0.25, -0.2) is 0 Å². The molecule has 0 aromatic heterocycles. The molecular formula is C13H16N4O6. The molecule has 1 aromatic rings. The Bertz CT molecular complexity index is 641. The molecule has 2 rings (SSSR count). The molecule has 0 unspecified atom stereocenters. The van der Waals surface area contributed by atoms with Gasteiger partial charge in [-0.1, -0.05) is 0 Å². The first kappa shape index (κ1) is 16.6. The minimum atomic E-state index is -0.853. The number of nitrogens with two attached hydrogens (primary N) is 1. The van der Waals surface area contributed by atoms with E-state index in [9.17, 15) is 25.0 Å². The van der Waals surface area contributed by atoms with Crippen LogP contribution in [0.3, 0.4) is 0 Å². The maximum atomic E-state index is 11.8. The lowest BCUT2D eigenvalue weighted by molar-refractivity contribution is -0.393. The number of carbonyl (C=O) groups is 1. The zero-order valence-corrected chi connectivity index (χ0v) is 12.2. The van der Waals surface area contributed by atoms with Crippen LogP contribution < -0.4 is 11.1 Å². The number of nitrogens with one attached hydrogen (secondary N) is 1. The monoisotopic (exact) mass is 324 g/mol. The third-order valence-corrected chi connectivity index (χ3v) is 3.98. The van der Waals surface area contributed by atoms with E-state index in [4.69, 9.17) is 10.5 Å². The highest BCUT2D eigenvalue weighted by Crippen LogP contribution is 2.33. The van der Waals surface area contributed by atoms with Gasteiger partial charge in [0, 0.05) is 25.8 Å². The van der Waals surface area contributed by atoms with Crippen molar-refractivity contribution >= 4 is 23.0 Å². The Morgan fingerprint density at radius 3 is 2.43 bits per heavy atom. The van der Waals surface area contributed by atoms with Gasteiger partial charge in [0.1, 0.15) is 5.69 Å². The van der Waals surface area contributed by atoms with Crippen molar-refractivity contribution in [2.45, 2.75) is 12.8 Å². The van der Waals surface area contributed by atoms with Crippen molar-refractivity contribution in [1.29, 1.82) is 0 Å². The Hall–Kier alpha value is -2.75. The number of primary amides is 1. The first-order valence-corrected chi connectivity index (χ1v) is 6.90. The Morgan fingerprint density at radius 1 is 1.26 bits per heavy atom. The second kappa shape index (κ2) is 6.57. The fourth-order valence-electron chi connectivity index (χ4n) is 2.47. The van der Waals surface area contributed by atoms with Crippen LogP contribution in [0.1, 0.15) is 12.8 Å². The van der Waals surface area contributed by atoms with Gasteiger partial charge in [-0.15, -0.1) is 0 Å².